The van der Waals surface area contributed by atoms with Gasteiger partial charge in [-0.1, -0.05) is 23.8 Å². The molecular formula is C24H33N3O4S. The quantitative estimate of drug-likeness (QED) is 0.584. The van der Waals surface area contributed by atoms with E-state index in [4.69, 9.17) is 4.74 Å². The maximum Gasteiger partial charge on any atom is 0.264 e. The van der Waals surface area contributed by atoms with Gasteiger partial charge < -0.3 is 10.1 Å². The zero-order chi connectivity index (χ0) is 23.1. The molecule has 3 rings (SSSR count). The van der Waals surface area contributed by atoms with Crippen LogP contribution < -0.4 is 9.62 Å². The average Bonchev–Trinajstić information content (AvgIpc) is 2.78. The van der Waals surface area contributed by atoms with E-state index >= 15 is 0 Å². The second-order valence-corrected chi connectivity index (χ2v) is 10.1. The second-order valence-electron chi connectivity index (χ2n) is 8.25. The Morgan fingerprint density at radius 3 is 2.38 bits per heavy atom. The first-order valence-corrected chi connectivity index (χ1v) is 12.4. The number of benzene rings is 2. The van der Waals surface area contributed by atoms with Crippen molar-refractivity contribution < 1.29 is 17.9 Å². The normalized spacial score (nSPS) is 14.8. The number of hydrogen-bond acceptors (Lipinski definition) is 5. The van der Waals surface area contributed by atoms with E-state index in [2.05, 4.69) is 10.2 Å². The van der Waals surface area contributed by atoms with Crippen LogP contribution in [0.5, 0.6) is 0 Å². The first-order valence-electron chi connectivity index (χ1n) is 11.0. The molecule has 0 radical (unpaired) electrons. The number of nitrogens with zero attached hydrogens (tertiary/aromatic N) is 2. The number of rotatable bonds is 9. The van der Waals surface area contributed by atoms with Gasteiger partial charge in [0.1, 0.15) is 6.54 Å². The maximum atomic E-state index is 13.4. The molecular weight excluding hydrogens is 426 g/mol. The standard InChI is InChI=1S/C24H33N3O4S/c1-19-5-9-23(10-6-19)32(29,30)27(22-8-7-20(2)21(3)17-22)18-24(28)25-11-4-12-26-13-15-31-16-14-26/h5-10,17H,4,11-16,18H2,1-3H3,(H,25,28). The van der Waals surface area contributed by atoms with E-state index in [9.17, 15) is 13.2 Å². The molecule has 7 nitrogen and oxygen atoms in total. The molecule has 0 bridgehead atoms. The van der Waals surface area contributed by atoms with Gasteiger partial charge in [-0.3, -0.25) is 14.0 Å². The molecule has 2 aromatic carbocycles. The van der Waals surface area contributed by atoms with Crippen molar-refractivity contribution >= 4 is 21.6 Å². The molecule has 0 unspecified atom stereocenters. The van der Waals surface area contributed by atoms with Crippen LogP contribution >= 0.6 is 0 Å². The third-order valence-electron chi connectivity index (χ3n) is 5.75. The molecule has 1 aliphatic heterocycles. The predicted octanol–water partition coefficient (Wildman–Crippen LogP) is 2.65. The molecule has 0 spiro atoms. The molecule has 32 heavy (non-hydrogen) atoms. The number of hydrogen-bond donors (Lipinski definition) is 1. The third kappa shape index (κ3) is 6.31. The van der Waals surface area contributed by atoms with Crippen LogP contribution in [0.4, 0.5) is 5.69 Å². The van der Waals surface area contributed by atoms with Crippen LogP contribution in [-0.2, 0) is 19.6 Å². The highest BCUT2D eigenvalue weighted by Crippen LogP contribution is 2.26. The van der Waals surface area contributed by atoms with Gasteiger partial charge in [0.2, 0.25) is 5.91 Å². The largest absolute Gasteiger partial charge is 0.379 e. The fraction of sp³-hybridized carbons (Fsp3) is 0.458. The summed E-state index contributed by atoms with van der Waals surface area (Å²) in [5.74, 6) is -0.319. The highest BCUT2D eigenvalue weighted by Gasteiger charge is 2.27. The van der Waals surface area contributed by atoms with Crippen molar-refractivity contribution in [1.82, 2.24) is 10.2 Å². The zero-order valence-corrected chi connectivity index (χ0v) is 20.0. The van der Waals surface area contributed by atoms with Crippen LogP contribution in [0, 0.1) is 20.8 Å². The molecule has 1 fully saturated rings. The van der Waals surface area contributed by atoms with Crippen LogP contribution in [0.15, 0.2) is 47.4 Å². The van der Waals surface area contributed by atoms with Gasteiger partial charge in [0.05, 0.1) is 23.8 Å². The lowest BCUT2D eigenvalue weighted by molar-refractivity contribution is -0.119. The van der Waals surface area contributed by atoms with Crippen molar-refractivity contribution in [3.05, 3.63) is 59.2 Å². The fourth-order valence-electron chi connectivity index (χ4n) is 3.57. The van der Waals surface area contributed by atoms with Gasteiger partial charge in [0.25, 0.3) is 10.0 Å². The Bertz CT molecular complexity index is 1020. The van der Waals surface area contributed by atoms with E-state index in [1.807, 2.05) is 32.9 Å². The van der Waals surface area contributed by atoms with E-state index in [-0.39, 0.29) is 17.3 Å². The average molecular weight is 460 g/mol. The van der Waals surface area contributed by atoms with Crippen LogP contribution in [0.25, 0.3) is 0 Å². The summed E-state index contributed by atoms with van der Waals surface area (Å²) in [4.78, 5) is 15.2. The summed E-state index contributed by atoms with van der Waals surface area (Å²) in [6.45, 7) is 10.2. The van der Waals surface area contributed by atoms with E-state index < -0.39 is 10.0 Å². The highest BCUT2D eigenvalue weighted by molar-refractivity contribution is 7.92. The molecule has 0 saturated carbocycles. The first-order chi connectivity index (χ1) is 15.3. The molecule has 1 aliphatic rings. The van der Waals surface area contributed by atoms with E-state index in [1.54, 1.807) is 30.3 Å². The zero-order valence-electron chi connectivity index (χ0n) is 19.1. The molecule has 8 heteroatoms. The van der Waals surface area contributed by atoms with Crippen LogP contribution in [0.1, 0.15) is 23.1 Å². The lowest BCUT2D eigenvalue weighted by atomic mass is 10.1. The first kappa shape index (κ1) is 24.2. The maximum absolute atomic E-state index is 13.4. The van der Waals surface area contributed by atoms with Crippen molar-refractivity contribution in [2.45, 2.75) is 32.1 Å². The summed E-state index contributed by atoms with van der Waals surface area (Å²) in [6.07, 6.45) is 0.806. The lowest BCUT2D eigenvalue weighted by Gasteiger charge is -2.27. The Balaban J connectivity index is 1.71. The third-order valence-corrected chi connectivity index (χ3v) is 7.54. The Hall–Kier alpha value is -2.42. The topological polar surface area (TPSA) is 79.0 Å². The van der Waals surface area contributed by atoms with Gasteiger partial charge in [-0.05, 0) is 69.1 Å². The molecule has 0 atom stereocenters. The van der Waals surface area contributed by atoms with Gasteiger partial charge in [-0.2, -0.15) is 0 Å². The molecule has 2 aromatic rings. The summed E-state index contributed by atoms with van der Waals surface area (Å²) >= 11 is 0. The smallest absolute Gasteiger partial charge is 0.264 e. The number of ether oxygens (including phenoxy) is 1. The summed E-state index contributed by atoms with van der Waals surface area (Å²) in [5.41, 5.74) is 3.49. The summed E-state index contributed by atoms with van der Waals surface area (Å²) in [6, 6.07) is 12.1. The highest BCUT2D eigenvalue weighted by atomic mass is 32.2. The number of nitrogens with one attached hydrogen (secondary N) is 1. The molecule has 0 aromatic heterocycles. The monoisotopic (exact) mass is 459 g/mol. The molecule has 1 heterocycles. The van der Waals surface area contributed by atoms with Crippen molar-refractivity contribution in [3.8, 4) is 0 Å². The van der Waals surface area contributed by atoms with E-state index in [1.165, 1.54) is 4.31 Å². The summed E-state index contributed by atoms with van der Waals surface area (Å²) in [7, 11) is -3.89. The predicted molar refractivity (Wildman–Crippen MR) is 127 cm³/mol. The van der Waals surface area contributed by atoms with Crippen molar-refractivity contribution in [2.75, 3.05) is 50.2 Å². The number of carbonyl (C=O) groups excluding carboxylic acids is 1. The second kappa shape index (κ2) is 10.9. The Morgan fingerprint density at radius 1 is 1.03 bits per heavy atom. The van der Waals surface area contributed by atoms with Crippen molar-refractivity contribution in [2.24, 2.45) is 0 Å². The summed E-state index contributed by atoms with van der Waals surface area (Å²) < 4.78 is 33.4. The van der Waals surface area contributed by atoms with Crippen LogP contribution in [0.3, 0.4) is 0 Å². The number of morpholine rings is 1. The molecule has 1 saturated heterocycles. The van der Waals surface area contributed by atoms with Crippen molar-refractivity contribution in [1.29, 1.82) is 0 Å². The minimum atomic E-state index is -3.89. The fourth-order valence-corrected chi connectivity index (χ4v) is 4.99. The van der Waals surface area contributed by atoms with Gasteiger partial charge in [-0.15, -0.1) is 0 Å². The Morgan fingerprint density at radius 2 is 1.72 bits per heavy atom. The Kier molecular flexibility index (Phi) is 8.28. The van der Waals surface area contributed by atoms with E-state index in [0.717, 1.165) is 56.0 Å². The number of sulfonamides is 1. The minimum absolute atomic E-state index is 0.168. The van der Waals surface area contributed by atoms with Crippen molar-refractivity contribution in [3.63, 3.8) is 0 Å². The van der Waals surface area contributed by atoms with Gasteiger partial charge in [0.15, 0.2) is 0 Å². The molecule has 174 valence electrons. The lowest BCUT2D eigenvalue weighted by Crippen LogP contribution is -2.42. The van der Waals surface area contributed by atoms with Gasteiger partial charge >= 0.3 is 0 Å². The number of amides is 1. The summed E-state index contributed by atoms with van der Waals surface area (Å²) in [5, 5.41) is 2.88. The Labute approximate surface area is 191 Å². The molecule has 1 amide bonds. The van der Waals surface area contributed by atoms with Gasteiger partial charge in [-0.25, -0.2) is 8.42 Å². The van der Waals surface area contributed by atoms with Crippen LogP contribution in [-0.4, -0.2) is 65.2 Å². The van der Waals surface area contributed by atoms with Crippen LogP contribution in [0.2, 0.25) is 0 Å². The van der Waals surface area contributed by atoms with Gasteiger partial charge in [0, 0.05) is 19.6 Å². The number of anilines is 1. The SMILES string of the molecule is Cc1ccc(S(=O)(=O)N(CC(=O)NCCCN2CCOCC2)c2ccc(C)c(C)c2)cc1. The number of carbonyl (C=O) groups is 1. The number of aryl methyl sites for hydroxylation is 3. The molecule has 1 N–H and O–H groups in total. The van der Waals surface area contributed by atoms with E-state index in [0.29, 0.717) is 12.2 Å². The minimum Gasteiger partial charge on any atom is -0.379 e. The molecule has 0 aliphatic carbocycles.